The quantitative estimate of drug-likeness (QED) is 0.101. The third kappa shape index (κ3) is 13.0. The number of aryl methyl sites for hydroxylation is 2. The number of aliphatic hydroxyl groups is 2. The summed E-state index contributed by atoms with van der Waals surface area (Å²) in [6.45, 7) is 11.8. The molecule has 10 aliphatic rings. The number of anilines is 2. The number of morpholine rings is 1. The molecule has 5 aliphatic heterocycles. The standard InChI is InChI=1S/C45H43NO3.C39H36O4.C38H29NO3/c1-47-34-17-19-36-39(26-34)43-38(42-41(36)37-20-18-35(48-2)27-40(37)44(42)28-29-11-12-32(44)25-29)21-22-45(49-43,30-9-5-3-6-10-30)31-13-15-33(16-14-31)46-23-7-4-8-24-46;1-6-20-38(40)34-23-25(3)8-18-31(34)35-30-17-7-24(2)22-33(30)37-32(36(35)38)19-21-39(43-37,26-9-13-28(41-4)14-10-26)27-11-15-29(42-5)16-12-27;1-2-37(40)33-15-9-8-14-31(33)34-29-12-6-7-13-30(29)36-32(35(34)37)20-21-38(42-36,26-10-4-3-5-11-26)27-16-18-28(19-17-27)39-22-24-41-25-23-39/h3,5-6,9-10,13-22,26-27,29,32H,4,7-8,11-12,23-25,28H2,1-2H3;7-19,21-23,40H,6,20H2,1-5H3;1,3-21,40H,22-25H2. The molecule has 12 nitrogen and oxygen atoms in total. The van der Waals surface area contributed by atoms with Gasteiger partial charge in [-0.05, 0) is 240 Å². The highest BCUT2D eigenvalue weighted by Gasteiger charge is 2.60. The van der Waals surface area contributed by atoms with Crippen molar-refractivity contribution in [2.75, 3.05) is 77.6 Å². The molecular weight excluding hydrogens is 1650 g/mol. The Morgan fingerprint density at radius 3 is 1.39 bits per heavy atom. The lowest BCUT2D eigenvalue weighted by molar-refractivity contribution is 0.0737. The van der Waals surface area contributed by atoms with Crippen molar-refractivity contribution in [3.63, 3.8) is 0 Å². The molecule has 15 aromatic rings. The number of fused-ring (bicyclic) bond motifs is 29. The maximum atomic E-state index is 12.7. The molecule has 5 heterocycles. The van der Waals surface area contributed by atoms with Crippen molar-refractivity contribution >= 4 is 61.9 Å². The molecule has 5 aliphatic carbocycles. The first kappa shape index (κ1) is 84.2. The maximum Gasteiger partial charge on any atom is 0.178 e. The monoisotopic (exact) mass is 1760 g/mol. The van der Waals surface area contributed by atoms with Gasteiger partial charge >= 0.3 is 0 Å². The molecular formula is C122H108N2O10. The lowest BCUT2D eigenvalue weighted by atomic mass is 9.65. The fourth-order valence-electron chi connectivity index (χ4n) is 24.6. The lowest BCUT2D eigenvalue weighted by Crippen LogP contribution is -2.37. The van der Waals surface area contributed by atoms with Crippen molar-refractivity contribution in [2.45, 2.75) is 112 Å². The Morgan fingerprint density at radius 1 is 0.396 bits per heavy atom. The Labute approximate surface area is 784 Å². The van der Waals surface area contributed by atoms with Crippen LogP contribution in [-0.2, 0) is 38.2 Å². The van der Waals surface area contributed by atoms with Gasteiger partial charge in [-0.2, -0.15) is 0 Å². The van der Waals surface area contributed by atoms with Crippen LogP contribution in [0.25, 0.3) is 83.9 Å². The molecule has 7 atom stereocenters. The van der Waals surface area contributed by atoms with E-state index in [1.807, 2.05) is 78.9 Å². The van der Waals surface area contributed by atoms with Crippen LogP contribution < -0.4 is 43.0 Å². The van der Waals surface area contributed by atoms with Gasteiger partial charge in [0.1, 0.15) is 45.8 Å². The molecule has 15 aromatic carbocycles. The molecule has 134 heavy (non-hydrogen) atoms. The van der Waals surface area contributed by atoms with Gasteiger partial charge in [-0.15, -0.1) is 6.42 Å². The van der Waals surface area contributed by atoms with E-state index < -0.39 is 28.0 Å². The van der Waals surface area contributed by atoms with Crippen molar-refractivity contribution < 1.29 is 48.1 Å². The van der Waals surface area contributed by atoms with Gasteiger partial charge in [0.2, 0.25) is 0 Å². The molecule has 7 unspecified atom stereocenters. The van der Waals surface area contributed by atoms with E-state index in [2.05, 4.69) is 273 Å². The SMILES string of the molecule is C#CC1(O)c2ccccc2-c2c1c1c(c3ccccc23)OC(c2ccccc2)(c2ccc(N3CCOCC3)cc2)C=C1.CCCC1(O)c2cc(C)ccc2-c2c1c1c(c3cc(C)ccc23)OC(c2ccc(OC)cc2)(c2ccc(OC)cc2)C=C1.COc1ccc2c(c1)C1(CC3CCC1C3)c1c3c(c4cc(OC)ccc4c1-2)OC(c1ccccc1)(c1ccc(N2CCCCC2)cc1)C=C3. The summed E-state index contributed by atoms with van der Waals surface area (Å²) >= 11 is 0. The van der Waals surface area contributed by atoms with Crippen LogP contribution in [-0.4, -0.2) is 78.0 Å². The molecule has 25 rings (SSSR count). The summed E-state index contributed by atoms with van der Waals surface area (Å²) < 4.78 is 50.5. The van der Waals surface area contributed by atoms with Gasteiger partial charge in [-0.25, -0.2) is 0 Å². The molecule has 0 amide bonds. The highest BCUT2D eigenvalue weighted by atomic mass is 16.5. The minimum atomic E-state index is -1.57. The van der Waals surface area contributed by atoms with Crippen LogP contribution in [0.15, 0.2) is 297 Å². The van der Waals surface area contributed by atoms with E-state index >= 15 is 0 Å². The molecule has 12 heteroatoms. The summed E-state index contributed by atoms with van der Waals surface area (Å²) in [5.74, 6) is 9.92. The Morgan fingerprint density at radius 2 is 0.828 bits per heavy atom. The van der Waals surface area contributed by atoms with Crippen LogP contribution in [0.4, 0.5) is 11.4 Å². The van der Waals surface area contributed by atoms with Gasteiger partial charge in [0.25, 0.3) is 0 Å². The molecule has 2 saturated carbocycles. The van der Waals surface area contributed by atoms with Crippen LogP contribution in [0.5, 0.6) is 40.2 Å². The van der Waals surface area contributed by atoms with Gasteiger partial charge in [0.05, 0.1) is 41.7 Å². The Balaban J connectivity index is 0.000000114. The second-order valence-corrected chi connectivity index (χ2v) is 38.0. The normalized spacial score (nSPS) is 22.1. The zero-order valence-electron chi connectivity index (χ0n) is 76.9. The number of methoxy groups -OCH3 is 4. The highest BCUT2D eigenvalue weighted by Crippen LogP contribution is 2.70. The second kappa shape index (κ2) is 33.0. The van der Waals surface area contributed by atoms with Crippen molar-refractivity contribution in [2.24, 2.45) is 11.8 Å². The summed E-state index contributed by atoms with van der Waals surface area (Å²) in [6.07, 6.45) is 29.8. The van der Waals surface area contributed by atoms with Gasteiger partial charge < -0.3 is 57.9 Å². The number of nitrogens with zero attached hydrogens (tertiary/aromatic N) is 2. The van der Waals surface area contributed by atoms with Gasteiger partial charge in [0, 0.05) is 126 Å². The minimum Gasteiger partial charge on any atom is -0.497 e. The fraction of sp³-hybridized carbons (Fsp3) is 0.246. The van der Waals surface area contributed by atoms with Gasteiger partial charge in [-0.3, -0.25) is 0 Å². The summed E-state index contributed by atoms with van der Waals surface area (Å²) in [4.78, 5) is 4.88. The summed E-state index contributed by atoms with van der Waals surface area (Å²) in [5, 5.41) is 31.2. The number of ether oxygens (including phenoxy) is 8. The average Bonchev–Trinajstić information content (AvgIpc) is 1.50. The largest absolute Gasteiger partial charge is 0.497 e. The third-order valence-corrected chi connectivity index (χ3v) is 30.9. The van der Waals surface area contributed by atoms with Crippen LogP contribution in [0.1, 0.15) is 159 Å². The topological polar surface area (TPSA) is 121 Å². The number of terminal acetylenes is 1. The number of hydrogen-bond acceptors (Lipinski definition) is 12. The van der Waals surface area contributed by atoms with E-state index in [1.54, 1.807) is 28.4 Å². The number of hydrogen-bond donors (Lipinski definition) is 2. The van der Waals surface area contributed by atoms with E-state index in [-0.39, 0.29) is 5.41 Å². The molecule has 2 saturated heterocycles. The summed E-state index contributed by atoms with van der Waals surface area (Å²) in [5.41, 5.74) is 21.8. The zero-order valence-corrected chi connectivity index (χ0v) is 76.9. The Bertz CT molecular complexity index is 7280. The first-order chi connectivity index (χ1) is 65.6. The second-order valence-electron chi connectivity index (χ2n) is 38.0. The van der Waals surface area contributed by atoms with Crippen molar-refractivity contribution in [3.05, 3.63) is 392 Å². The molecule has 0 aromatic heterocycles. The molecule has 666 valence electrons. The van der Waals surface area contributed by atoms with E-state index in [0.29, 0.717) is 17.9 Å². The molecule has 4 fully saturated rings. The maximum absolute atomic E-state index is 12.7. The minimum absolute atomic E-state index is 0.0448. The van der Waals surface area contributed by atoms with Gasteiger partial charge in [0.15, 0.2) is 22.4 Å². The van der Waals surface area contributed by atoms with Crippen LogP contribution in [0.2, 0.25) is 0 Å². The van der Waals surface area contributed by atoms with Crippen LogP contribution in [0, 0.1) is 38.0 Å². The lowest BCUT2D eigenvalue weighted by Gasteiger charge is -2.41. The highest BCUT2D eigenvalue weighted by molar-refractivity contribution is 6.12. The number of piperidine rings is 1. The first-order valence-electron chi connectivity index (χ1n) is 47.6. The van der Waals surface area contributed by atoms with Crippen molar-refractivity contribution in [1.82, 2.24) is 0 Å². The third-order valence-electron chi connectivity index (χ3n) is 30.9. The van der Waals surface area contributed by atoms with Crippen LogP contribution >= 0.6 is 0 Å². The Hall–Kier alpha value is -14.1. The molecule has 2 N–H and O–H groups in total. The average molecular weight is 1760 g/mol. The molecule has 1 spiro atoms. The smallest absolute Gasteiger partial charge is 0.178 e. The Kier molecular flexibility index (Phi) is 20.7. The number of rotatable bonds is 14. The van der Waals surface area contributed by atoms with Gasteiger partial charge in [-0.1, -0.05) is 249 Å². The zero-order chi connectivity index (χ0) is 91.0. The summed E-state index contributed by atoms with van der Waals surface area (Å²) in [7, 11) is 6.90. The summed E-state index contributed by atoms with van der Waals surface area (Å²) in [6, 6.07) is 97.6. The predicted molar refractivity (Wildman–Crippen MR) is 539 cm³/mol. The van der Waals surface area contributed by atoms with Crippen molar-refractivity contribution in [3.8, 4) is 86.0 Å². The number of benzene rings is 15. The van der Waals surface area contributed by atoms with Crippen molar-refractivity contribution in [1.29, 1.82) is 0 Å². The predicted octanol–water partition coefficient (Wildman–Crippen LogP) is 26.0. The molecule has 2 bridgehead atoms. The van der Waals surface area contributed by atoms with E-state index in [4.69, 9.17) is 44.3 Å². The van der Waals surface area contributed by atoms with E-state index in [9.17, 15) is 10.2 Å². The van der Waals surface area contributed by atoms with E-state index in [0.717, 1.165) is 213 Å². The van der Waals surface area contributed by atoms with Crippen LogP contribution in [0.3, 0.4) is 0 Å². The van der Waals surface area contributed by atoms with E-state index in [1.165, 1.54) is 89.5 Å². The fourth-order valence-corrected chi connectivity index (χ4v) is 24.6. The molecule has 0 radical (unpaired) electrons. The first-order valence-corrected chi connectivity index (χ1v) is 47.6.